The van der Waals surface area contributed by atoms with Crippen LogP contribution in [0.2, 0.25) is 5.02 Å². The Labute approximate surface area is 103 Å². The largest absolute Gasteiger partial charge is 0.396 e. The number of aliphatic hydroxyl groups is 1. The summed E-state index contributed by atoms with van der Waals surface area (Å²) in [5.41, 5.74) is -0.0917. The molecule has 1 amide bonds. The van der Waals surface area contributed by atoms with Crippen LogP contribution < -0.4 is 0 Å². The van der Waals surface area contributed by atoms with E-state index in [1.807, 2.05) is 0 Å². The van der Waals surface area contributed by atoms with Gasteiger partial charge in [0.2, 0.25) is 0 Å². The van der Waals surface area contributed by atoms with E-state index >= 15 is 0 Å². The van der Waals surface area contributed by atoms with E-state index in [-0.39, 0.29) is 17.2 Å². The highest BCUT2D eigenvalue weighted by atomic mass is 35.5. The molecule has 6 heteroatoms. The van der Waals surface area contributed by atoms with Crippen LogP contribution in [0, 0.1) is 11.6 Å². The third kappa shape index (κ3) is 3.38. The fourth-order valence-corrected chi connectivity index (χ4v) is 1.53. The lowest BCUT2D eigenvalue weighted by Crippen LogP contribution is -2.28. The summed E-state index contributed by atoms with van der Waals surface area (Å²) in [6.07, 6.45) is 0.406. The zero-order valence-electron chi connectivity index (χ0n) is 9.21. The van der Waals surface area contributed by atoms with Gasteiger partial charge in [-0.1, -0.05) is 11.6 Å². The molecule has 1 N–H and O–H groups in total. The van der Waals surface area contributed by atoms with Crippen molar-refractivity contribution in [3.63, 3.8) is 0 Å². The summed E-state index contributed by atoms with van der Waals surface area (Å²) in [6.45, 7) is 0.258. The molecule has 0 heterocycles. The Morgan fingerprint density at radius 1 is 1.41 bits per heavy atom. The average Bonchev–Trinajstić information content (AvgIpc) is 2.29. The van der Waals surface area contributed by atoms with Crippen molar-refractivity contribution in [2.24, 2.45) is 0 Å². The minimum absolute atomic E-state index is 0.0524. The molecular weight excluding hydrogens is 252 g/mol. The summed E-state index contributed by atoms with van der Waals surface area (Å²) < 4.78 is 25.8. The van der Waals surface area contributed by atoms with Crippen LogP contribution in [-0.2, 0) is 0 Å². The summed E-state index contributed by atoms with van der Waals surface area (Å²) >= 11 is 5.67. The van der Waals surface area contributed by atoms with Crippen LogP contribution in [0.25, 0.3) is 0 Å². The van der Waals surface area contributed by atoms with Gasteiger partial charge in [0, 0.05) is 20.2 Å². The molecule has 0 aromatic heterocycles. The summed E-state index contributed by atoms with van der Waals surface area (Å²) in [5.74, 6) is -2.72. The van der Waals surface area contributed by atoms with Gasteiger partial charge in [-0.15, -0.1) is 0 Å². The van der Waals surface area contributed by atoms with Gasteiger partial charge in [0.05, 0.1) is 10.6 Å². The molecule has 0 atom stereocenters. The van der Waals surface area contributed by atoms with E-state index in [2.05, 4.69) is 0 Å². The lowest BCUT2D eigenvalue weighted by atomic mass is 10.2. The molecule has 17 heavy (non-hydrogen) atoms. The zero-order chi connectivity index (χ0) is 13.0. The highest BCUT2D eigenvalue weighted by Crippen LogP contribution is 2.21. The number of hydrogen-bond acceptors (Lipinski definition) is 2. The molecule has 0 saturated heterocycles. The van der Waals surface area contributed by atoms with Crippen LogP contribution in [0.15, 0.2) is 12.1 Å². The van der Waals surface area contributed by atoms with Crippen LogP contribution in [0.5, 0.6) is 0 Å². The molecule has 0 saturated carbocycles. The van der Waals surface area contributed by atoms with E-state index in [0.29, 0.717) is 13.0 Å². The predicted octanol–water partition coefficient (Wildman–Crippen LogP) is 2.07. The second-order valence-electron chi connectivity index (χ2n) is 3.55. The quantitative estimate of drug-likeness (QED) is 0.845. The summed E-state index contributed by atoms with van der Waals surface area (Å²) in [4.78, 5) is 13.1. The first-order valence-electron chi connectivity index (χ1n) is 4.98. The second kappa shape index (κ2) is 5.93. The van der Waals surface area contributed by atoms with Crippen LogP contribution in [0.3, 0.4) is 0 Å². The Hall–Kier alpha value is -1.20. The topological polar surface area (TPSA) is 40.5 Å². The van der Waals surface area contributed by atoms with Gasteiger partial charge in [-0.2, -0.15) is 0 Å². The van der Waals surface area contributed by atoms with Crippen molar-refractivity contribution < 1.29 is 18.7 Å². The molecule has 0 fully saturated rings. The van der Waals surface area contributed by atoms with Crippen molar-refractivity contribution in [1.82, 2.24) is 4.90 Å². The summed E-state index contributed by atoms with van der Waals surface area (Å²) in [6, 6.07) is 1.54. The lowest BCUT2D eigenvalue weighted by molar-refractivity contribution is 0.0786. The van der Waals surface area contributed by atoms with Gasteiger partial charge in [-0.05, 0) is 18.6 Å². The van der Waals surface area contributed by atoms with E-state index in [0.717, 1.165) is 12.1 Å². The predicted molar refractivity (Wildman–Crippen MR) is 60.0 cm³/mol. The number of hydrogen-bond donors (Lipinski definition) is 1. The van der Waals surface area contributed by atoms with Crippen molar-refractivity contribution >= 4 is 17.5 Å². The number of carbonyl (C=O) groups excluding carboxylic acids is 1. The maximum absolute atomic E-state index is 13.0. The first kappa shape index (κ1) is 13.9. The van der Waals surface area contributed by atoms with Crippen molar-refractivity contribution in [2.45, 2.75) is 6.42 Å². The molecule has 1 aromatic carbocycles. The third-order valence-electron chi connectivity index (χ3n) is 2.24. The third-order valence-corrected chi connectivity index (χ3v) is 2.55. The van der Waals surface area contributed by atoms with Crippen molar-refractivity contribution in [2.75, 3.05) is 20.2 Å². The molecule has 0 bridgehead atoms. The number of carbonyl (C=O) groups is 1. The molecular formula is C11H12ClF2NO2. The molecule has 0 spiro atoms. The van der Waals surface area contributed by atoms with Crippen molar-refractivity contribution in [3.05, 3.63) is 34.4 Å². The number of benzene rings is 1. The first-order valence-corrected chi connectivity index (χ1v) is 5.36. The number of halogens is 3. The van der Waals surface area contributed by atoms with Crippen LogP contribution in [-0.4, -0.2) is 36.1 Å². The minimum atomic E-state index is -1.12. The van der Waals surface area contributed by atoms with Gasteiger partial charge in [-0.3, -0.25) is 4.79 Å². The number of rotatable bonds is 4. The Balaban J connectivity index is 2.92. The SMILES string of the molecule is CN(CCCO)C(=O)c1cc(F)c(F)cc1Cl. The number of amides is 1. The second-order valence-corrected chi connectivity index (χ2v) is 3.96. The van der Waals surface area contributed by atoms with Crippen LogP contribution in [0.4, 0.5) is 8.78 Å². The molecule has 3 nitrogen and oxygen atoms in total. The molecule has 94 valence electrons. The highest BCUT2D eigenvalue weighted by molar-refractivity contribution is 6.33. The van der Waals surface area contributed by atoms with Crippen molar-refractivity contribution in [1.29, 1.82) is 0 Å². The van der Waals surface area contributed by atoms with E-state index in [9.17, 15) is 13.6 Å². The average molecular weight is 264 g/mol. The van der Waals surface area contributed by atoms with E-state index in [4.69, 9.17) is 16.7 Å². The Morgan fingerprint density at radius 3 is 2.59 bits per heavy atom. The molecule has 1 rings (SSSR count). The fourth-order valence-electron chi connectivity index (χ4n) is 1.30. The maximum Gasteiger partial charge on any atom is 0.255 e. The van der Waals surface area contributed by atoms with Gasteiger partial charge < -0.3 is 10.0 Å². The molecule has 0 aliphatic rings. The molecule has 1 aromatic rings. The standard InChI is InChI=1S/C11H12ClF2NO2/c1-15(3-2-4-16)11(17)7-5-9(13)10(14)6-8(7)12/h5-6,16H,2-4H2,1H3. The smallest absolute Gasteiger partial charge is 0.255 e. The molecule has 0 radical (unpaired) electrons. The van der Waals surface area contributed by atoms with Gasteiger partial charge in [0.25, 0.3) is 5.91 Å². The maximum atomic E-state index is 13.0. The van der Waals surface area contributed by atoms with Gasteiger partial charge >= 0.3 is 0 Å². The van der Waals surface area contributed by atoms with Gasteiger partial charge in [0.1, 0.15) is 0 Å². The molecule has 0 aliphatic carbocycles. The highest BCUT2D eigenvalue weighted by Gasteiger charge is 2.17. The van der Waals surface area contributed by atoms with Crippen molar-refractivity contribution in [3.8, 4) is 0 Å². The molecule has 0 aliphatic heterocycles. The van der Waals surface area contributed by atoms with E-state index in [1.165, 1.54) is 11.9 Å². The van der Waals surface area contributed by atoms with Gasteiger partial charge in [-0.25, -0.2) is 8.78 Å². The van der Waals surface area contributed by atoms with Crippen LogP contribution in [0.1, 0.15) is 16.8 Å². The monoisotopic (exact) mass is 263 g/mol. The Morgan fingerprint density at radius 2 is 2.00 bits per heavy atom. The minimum Gasteiger partial charge on any atom is -0.396 e. The van der Waals surface area contributed by atoms with E-state index in [1.54, 1.807) is 0 Å². The zero-order valence-corrected chi connectivity index (χ0v) is 9.97. The fraction of sp³-hybridized carbons (Fsp3) is 0.364. The Kier molecular flexibility index (Phi) is 4.84. The number of aliphatic hydroxyl groups excluding tert-OH is 1. The first-order chi connectivity index (χ1) is 7.97. The Bertz CT molecular complexity index is 426. The molecule has 0 unspecified atom stereocenters. The summed E-state index contributed by atoms with van der Waals surface area (Å²) in [5, 5.41) is 8.49. The van der Waals surface area contributed by atoms with Gasteiger partial charge in [0.15, 0.2) is 11.6 Å². The number of nitrogens with zero attached hydrogens (tertiary/aromatic N) is 1. The normalized spacial score (nSPS) is 10.4. The lowest BCUT2D eigenvalue weighted by Gasteiger charge is -2.17. The van der Waals surface area contributed by atoms with E-state index < -0.39 is 17.5 Å². The van der Waals surface area contributed by atoms with Crippen LogP contribution >= 0.6 is 11.6 Å². The summed E-state index contributed by atoms with van der Waals surface area (Å²) in [7, 11) is 1.50.